The number of hydrogen-bond acceptors (Lipinski definition) is 4. The number of aryl methyl sites for hydroxylation is 2. The molecule has 0 saturated heterocycles. The fourth-order valence-electron chi connectivity index (χ4n) is 2.47. The molecular weight excluding hydrogens is 242 g/mol. The van der Waals surface area contributed by atoms with E-state index in [0.29, 0.717) is 0 Å². The summed E-state index contributed by atoms with van der Waals surface area (Å²) >= 11 is 0. The summed E-state index contributed by atoms with van der Waals surface area (Å²) in [5.41, 5.74) is 2.37. The van der Waals surface area contributed by atoms with E-state index in [1.54, 1.807) is 0 Å². The lowest BCUT2D eigenvalue weighted by Crippen LogP contribution is -2.27. The second kappa shape index (κ2) is 5.19. The predicted octanol–water partition coefficient (Wildman–Crippen LogP) is 1.73. The van der Waals surface area contributed by atoms with Crippen molar-refractivity contribution in [3.05, 3.63) is 41.1 Å². The van der Waals surface area contributed by atoms with Gasteiger partial charge in [0.25, 0.3) is 0 Å². The summed E-state index contributed by atoms with van der Waals surface area (Å²) in [5.74, 6) is 1.90. The molecule has 102 valence electrons. The maximum Gasteiger partial charge on any atom is 0.117 e. The number of nitrogens with one attached hydrogen (secondary N) is 1. The number of nitrogens with zero attached hydrogens (tertiary/aromatic N) is 2. The predicted molar refractivity (Wildman–Crippen MR) is 70.8 cm³/mol. The Morgan fingerprint density at radius 3 is 3.16 bits per heavy atom. The van der Waals surface area contributed by atoms with Crippen LogP contribution in [0.1, 0.15) is 28.9 Å². The van der Waals surface area contributed by atoms with Gasteiger partial charge < -0.3 is 14.5 Å². The number of ether oxygens (including phenoxy) is 1. The molecule has 0 bridgehead atoms. The zero-order valence-corrected chi connectivity index (χ0v) is 11.3. The van der Waals surface area contributed by atoms with Gasteiger partial charge in [0.05, 0.1) is 18.8 Å². The molecule has 5 heteroatoms. The summed E-state index contributed by atoms with van der Waals surface area (Å²) < 4.78 is 13.2. The van der Waals surface area contributed by atoms with E-state index in [0.717, 1.165) is 43.3 Å². The average Bonchev–Trinajstić information content (AvgIpc) is 2.95. The Morgan fingerprint density at radius 1 is 1.47 bits per heavy atom. The van der Waals surface area contributed by atoms with Gasteiger partial charge in [0.2, 0.25) is 0 Å². The van der Waals surface area contributed by atoms with Gasteiger partial charge in [0, 0.05) is 19.8 Å². The third-order valence-electron chi connectivity index (χ3n) is 3.36. The summed E-state index contributed by atoms with van der Waals surface area (Å²) in [6, 6.07) is 3.97. The van der Waals surface area contributed by atoms with Crippen LogP contribution in [0.2, 0.25) is 0 Å². The quantitative estimate of drug-likeness (QED) is 0.910. The highest BCUT2D eigenvalue weighted by Crippen LogP contribution is 2.24. The van der Waals surface area contributed by atoms with Crippen LogP contribution < -0.4 is 5.32 Å². The van der Waals surface area contributed by atoms with E-state index in [9.17, 15) is 0 Å². The zero-order chi connectivity index (χ0) is 13.2. The monoisotopic (exact) mass is 261 g/mol. The Labute approximate surface area is 112 Å². The third kappa shape index (κ3) is 2.72. The van der Waals surface area contributed by atoms with Gasteiger partial charge in [-0.25, -0.2) is 0 Å². The fourth-order valence-corrected chi connectivity index (χ4v) is 2.47. The first-order valence-electron chi connectivity index (χ1n) is 6.62. The lowest BCUT2D eigenvalue weighted by molar-refractivity contribution is 0.0391. The van der Waals surface area contributed by atoms with E-state index in [2.05, 4.69) is 16.6 Å². The van der Waals surface area contributed by atoms with Crippen molar-refractivity contribution in [2.45, 2.75) is 26.0 Å². The minimum Gasteiger partial charge on any atom is -0.465 e. The van der Waals surface area contributed by atoms with E-state index in [1.165, 1.54) is 5.56 Å². The van der Waals surface area contributed by atoms with Crippen LogP contribution in [0.4, 0.5) is 0 Å². The maximum absolute atomic E-state index is 5.79. The first-order valence-corrected chi connectivity index (χ1v) is 6.62. The second-order valence-corrected chi connectivity index (χ2v) is 4.97. The van der Waals surface area contributed by atoms with Crippen molar-refractivity contribution in [3.63, 3.8) is 0 Å². The molecule has 0 aromatic carbocycles. The third-order valence-corrected chi connectivity index (χ3v) is 3.36. The molecule has 0 aliphatic carbocycles. The molecule has 1 aliphatic heterocycles. The van der Waals surface area contributed by atoms with E-state index in [-0.39, 0.29) is 6.10 Å². The molecule has 3 heterocycles. The summed E-state index contributed by atoms with van der Waals surface area (Å²) in [6.45, 7) is 4.19. The standard InChI is InChI=1S/C14H19N3O2/c1-10-3-4-12(19-10)7-15-8-13-14-11(5-6-18-13)9-17(2)16-14/h3-4,9,13,15H,5-8H2,1-2H3/t13-/m0/s1. The average molecular weight is 261 g/mol. The molecule has 1 aliphatic rings. The summed E-state index contributed by atoms with van der Waals surface area (Å²) in [5, 5.41) is 7.86. The number of fused-ring (bicyclic) bond motifs is 1. The number of hydrogen-bond donors (Lipinski definition) is 1. The summed E-state index contributed by atoms with van der Waals surface area (Å²) in [4.78, 5) is 0. The van der Waals surface area contributed by atoms with Crippen LogP contribution in [0.3, 0.4) is 0 Å². The molecule has 19 heavy (non-hydrogen) atoms. The van der Waals surface area contributed by atoms with Crippen LogP contribution in [0.25, 0.3) is 0 Å². The van der Waals surface area contributed by atoms with Crippen LogP contribution in [-0.2, 0) is 24.8 Å². The number of furan rings is 1. The molecule has 2 aromatic heterocycles. The van der Waals surface area contributed by atoms with Crippen LogP contribution in [0.15, 0.2) is 22.7 Å². The van der Waals surface area contributed by atoms with Crippen molar-refractivity contribution >= 4 is 0 Å². The normalized spacial score (nSPS) is 18.5. The van der Waals surface area contributed by atoms with Gasteiger partial charge >= 0.3 is 0 Å². The van der Waals surface area contributed by atoms with Crippen LogP contribution in [0.5, 0.6) is 0 Å². The minimum absolute atomic E-state index is 0.0426. The highest BCUT2D eigenvalue weighted by Gasteiger charge is 2.23. The SMILES string of the molecule is Cc1ccc(CNC[C@@H]2OCCc3cn(C)nc32)o1. The van der Waals surface area contributed by atoms with E-state index in [1.807, 2.05) is 30.8 Å². The molecule has 2 aromatic rings. The molecule has 0 saturated carbocycles. The molecule has 0 spiro atoms. The Morgan fingerprint density at radius 2 is 2.37 bits per heavy atom. The van der Waals surface area contributed by atoms with Gasteiger partial charge in [-0.3, -0.25) is 4.68 Å². The van der Waals surface area contributed by atoms with Crippen molar-refractivity contribution in [3.8, 4) is 0 Å². The number of rotatable bonds is 4. The van der Waals surface area contributed by atoms with E-state index < -0.39 is 0 Å². The highest BCUT2D eigenvalue weighted by molar-refractivity contribution is 5.22. The largest absolute Gasteiger partial charge is 0.465 e. The molecular formula is C14H19N3O2. The minimum atomic E-state index is 0.0426. The smallest absolute Gasteiger partial charge is 0.117 e. The van der Waals surface area contributed by atoms with E-state index in [4.69, 9.17) is 9.15 Å². The lowest BCUT2D eigenvalue weighted by atomic mass is 10.1. The Bertz CT molecular complexity index is 559. The Kier molecular flexibility index (Phi) is 3.40. The fraction of sp³-hybridized carbons (Fsp3) is 0.500. The van der Waals surface area contributed by atoms with Gasteiger partial charge in [-0.15, -0.1) is 0 Å². The van der Waals surface area contributed by atoms with Gasteiger partial charge in [0.15, 0.2) is 0 Å². The highest BCUT2D eigenvalue weighted by atomic mass is 16.5. The van der Waals surface area contributed by atoms with Gasteiger partial charge in [-0.2, -0.15) is 5.10 Å². The van der Waals surface area contributed by atoms with Crippen LogP contribution in [0, 0.1) is 6.92 Å². The molecule has 5 nitrogen and oxygen atoms in total. The van der Waals surface area contributed by atoms with Crippen molar-refractivity contribution < 1.29 is 9.15 Å². The molecule has 0 fully saturated rings. The van der Waals surface area contributed by atoms with Gasteiger partial charge in [0.1, 0.15) is 17.6 Å². The second-order valence-electron chi connectivity index (χ2n) is 4.97. The topological polar surface area (TPSA) is 52.2 Å². The van der Waals surface area contributed by atoms with Crippen LogP contribution >= 0.6 is 0 Å². The zero-order valence-electron chi connectivity index (χ0n) is 11.3. The van der Waals surface area contributed by atoms with Crippen molar-refractivity contribution in [1.82, 2.24) is 15.1 Å². The van der Waals surface area contributed by atoms with Crippen molar-refractivity contribution in [2.75, 3.05) is 13.2 Å². The molecule has 1 N–H and O–H groups in total. The van der Waals surface area contributed by atoms with E-state index >= 15 is 0 Å². The Hall–Kier alpha value is -1.59. The lowest BCUT2D eigenvalue weighted by Gasteiger charge is -2.22. The summed E-state index contributed by atoms with van der Waals surface area (Å²) in [6.07, 6.45) is 3.08. The molecule has 3 rings (SSSR count). The van der Waals surface area contributed by atoms with Crippen molar-refractivity contribution in [1.29, 1.82) is 0 Å². The first kappa shape index (κ1) is 12.4. The van der Waals surface area contributed by atoms with Gasteiger partial charge in [-0.1, -0.05) is 0 Å². The van der Waals surface area contributed by atoms with Gasteiger partial charge in [-0.05, 0) is 31.0 Å². The van der Waals surface area contributed by atoms with Crippen LogP contribution in [-0.4, -0.2) is 22.9 Å². The van der Waals surface area contributed by atoms with Crippen molar-refractivity contribution in [2.24, 2.45) is 7.05 Å². The summed E-state index contributed by atoms with van der Waals surface area (Å²) in [7, 11) is 1.95. The maximum atomic E-state index is 5.79. The first-order chi connectivity index (χ1) is 9.22. The molecule has 1 atom stereocenters. The number of aromatic nitrogens is 2. The molecule has 0 unspecified atom stereocenters. The molecule has 0 radical (unpaired) electrons. The Balaban J connectivity index is 1.59. The molecule has 0 amide bonds.